The summed E-state index contributed by atoms with van der Waals surface area (Å²) in [6, 6.07) is 20.9. The van der Waals surface area contributed by atoms with E-state index in [-0.39, 0.29) is 18.1 Å². The maximum Gasteiger partial charge on any atom is 0.0708 e. The fourth-order valence-electron chi connectivity index (χ4n) is 2.98. The fraction of sp³-hybridized carbons (Fsp3) is 0.333. The Morgan fingerprint density at radius 3 is 1.95 bits per heavy atom. The second-order valence-corrected chi connectivity index (χ2v) is 5.39. The van der Waals surface area contributed by atoms with Gasteiger partial charge in [-0.15, -0.1) is 0 Å². The molecule has 0 unspecified atom stereocenters. The Balaban J connectivity index is 1.95. The monoisotopic (exact) mass is 268 g/mol. The van der Waals surface area contributed by atoms with Gasteiger partial charge in [-0.2, -0.15) is 0 Å². The predicted octanol–water partition coefficient (Wildman–Crippen LogP) is 3.36. The second-order valence-electron chi connectivity index (χ2n) is 5.39. The SMILES string of the molecule is O[C@H]1CCO[C@@H](C(c2ccccc2)c2ccccc2)C1. The number of hydrogen-bond donors (Lipinski definition) is 1. The molecule has 1 fully saturated rings. The first-order chi connectivity index (χ1) is 9.84. The van der Waals surface area contributed by atoms with Crippen LogP contribution in [0.4, 0.5) is 0 Å². The third kappa shape index (κ3) is 2.92. The molecule has 0 aromatic heterocycles. The molecule has 20 heavy (non-hydrogen) atoms. The van der Waals surface area contributed by atoms with Gasteiger partial charge in [0.25, 0.3) is 0 Å². The van der Waals surface area contributed by atoms with Crippen LogP contribution in [0.3, 0.4) is 0 Å². The Hall–Kier alpha value is -1.64. The molecule has 1 heterocycles. The minimum absolute atomic E-state index is 0.0450. The van der Waals surface area contributed by atoms with E-state index in [1.54, 1.807) is 0 Å². The quantitative estimate of drug-likeness (QED) is 0.925. The van der Waals surface area contributed by atoms with Gasteiger partial charge in [-0.25, -0.2) is 0 Å². The standard InChI is InChI=1S/C18H20O2/c19-16-11-12-20-17(13-16)18(14-7-3-1-4-8-14)15-9-5-2-6-10-15/h1-10,16-19H,11-13H2/t16-,17+/m0/s1. The number of aliphatic hydroxyl groups excluding tert-OH is 1. The Morgan fingerprint density at radius 1 is 0.900 bits per heavy atom. The van der Waals surface area contributed by atoms with Crippen molar-refractivity contribution in [3.8, 4) is 0 Å². The first-order valence-corrected chi connectivity index (χ1v) is 7.24. The van der Waals surface area contributed by atoms with Gasteiger partial charge < -0.3 is 9.84 Å². The molecule has 1 aliphatic heterocycles. The van der Waals surface area contributed by atoms with E-state index in [2.05, 4.69) is 48.5 Å². The van der Waals surface area contributed by atoms with Gasteiger partial charge in [0.05, 0.1) is 12.2 Å². The van der Waals surface area contributed by atoms with Gasteiger partial charge in [0, 0.05) is 18.9 Å². The Bertz CT molecular complexity index is 484. The van der Waals surface area contributed by atoms with Crippen LogP contribution < -0.4 is 0 Å². The molecule has 0 bridgehead atoms. The number of rotatable bonds is 3. The summed E-state index contributed by atoms with van der Waals surface area (Å²) in [4.78, 5) is 0. The molecule has 2 atom stereocenters. The van der Waals surface area contributed by atoms with Crippen LogP contribution in [0.25, 0.3) is 0 Å². The molecule has 1 aliphatic rings. The van der Waals surface area contributed by atoms with Crippen molar-refractivity contribution in [2.24, 2.45) is 0 Å². The Kier molecular flexibility index (Phi) is 4.14. The van der Waals surface area contributed by atoms with E-state index in [1.165, 1.54) is 11.1 Å². The molecule has 1 saturated heterocycles. The third-order valence-corrected chi connectivity index (χ3v) is 3.98. The Morgan fingerprint density at radius 2 is 1.45 bits per heavy atom. The summed E-state index contributed by atoms with van der Waals surface area (Å²) >= 11 is 0. The van der Waals surface area contributed by atoms with Crippen molar-refractivity contribution in [2.75, 3.05) is 6.61 Å². The first-order valence-electron chi connectivity index (χ1n) is 7.24. The summed E-state index contributed by atoms with van der Waals surface area (Å²) in [6.07, 6.45) is 1.24. The number of hydrogen-bond acceptors (Lipinski definition) is 2. The fourth-order valence-corrected chi connectivity index (χ4v) is 2.98. The van der Waals surface area contributed by atoms with Crippen molar-refractivity contribution in [1.29, 1.82) is 0 Å². The number of aliphatic hydroxyl groups is 1. The van der Waals surface area contributed by atoms with E-state index in [1.807, 2.05) is 12.1 Å². The highest BCUT2D eigenvalue weighted by Gasteiger charge is 2.30. The lowest BCUT2D eigenvalue weighted by molar-refractivity contribution is -0.0496. The lowest BCUT2D eigenvalue weighted by atomic mass is 9.83. The minimum atomic E-state index is -0.247. The summed E-state index contributed by atoms with van der Waals surface area (Å²) in [7, 11) is 0. The molecule has 2 heteroatoms. The van der Waals surface area contributed by atoms with Crippen molar-refractivity contribution in [1.82, 2.24) is 0 Å². The summed E-state index contributed by atoms with van der Waals surface area (Å²) in [6.45, 7) is 0.641. The van der Waals surface area contributed by atoms with Crippen LogP contribution in [0.15, 0.2) is 60.7 Å². The second kappa shape index (κ2) is 6.21. The molecule has 2 aromatic rings. The molecule has 0 amide bonds. The smallest absolute Gasteiger partial charge is 0.0708 e. The maximum atomic E-state index is 9.94. The van der Waals surface area contributed by atoms with Crippen LogP contribution >= 0.6 is 0 Å². The van der Waals surface area contributed by atoms with Crippen LogP contribution in [0.5, 0.6) is 0 Å². The zero-order valence-corrected chi connectivity index (χ0v) is 11.5. The molecule has 2 aromatic carbocycles. The molecule has 2 nitrogen and oxygen atoms in total. The summed E-state index contributed by atoms with van der Waals surface area (Å²) in [5.41, 5.74) is 2.50. The van der Waals surface area contributed by atoms with Gasteiger partial charge in [0.15, 0.2) is 0 Å². The highest BCUT2D eigenvalue weighted by molar-refractivity contribution is 5.34. The van der Waals surface area contributed by atoms with Gasteiger partial charge in [-0.05, 0) is 17.5 Å². The topological polar surface area (TPSA) is 29.5 Å². The molecule has 0 saturated carbocycles. The summed E-state index contributed by atoms with van der Waals surface area (Å²) in [5.74, 6) is 0.187. The molecule has 1 N–H and O–H groups in total. The van der Waals surface area contributed by atoms with Crippen LogP contribution in [0.2, 0.25) is 0 Å². The first kappa shape index (κ1) is 13.3. The van der Waals surface area contributed by atoms with Crippen molar-refractivity contribution < 1.29 is 9.84 Å². The molecular weight excluding hydrogens is 248 g/mol. The molecule has 3 rings (SSSR count). The van der Waals surface area contributed by atoms with E-state index in [0.29, 0.717) is 13.0 Å². The minimum Gasteiger partial charge on any atom is -0.393 e. The van der Waals surface area contributed by atoms with Crippen molar-refractivity contribution in [2.45, 2.75) is 31.0 Å². The summed E-state index contributed by atoms with van der Waals surface area (Å²) in [5, 5.41) is 9.94. The van der Waals surface area contributed by atoms with Crippen LogP contribution in [0, 0.1) is 0 Å². The van der Waals surface area contributed by atoms with Gasteiger partial charge in [0.2, 0.25) is 0 Å². The number of benzene rings is 2. The van der Waals surface area contributed by atoms with E-state index in [4.69, 9.17) is 4.74 Å². The summed E-state index contributed by atoms with van der Waals surface area (Å²) < 4.78 is 5.96. The zero-order valence-electron chi connectivity index (χ0n) is 11.5. The van der Waals surface area contributed by atoms with Gasteiger partial charge in [-0.3, -0.25) is 0 Å². The van der Waals surface area contributed by atoms with Gasteiger partial charge in [0.1, 0.15) is 0 Å². The Labute approximate surface area is 120 Å². The molecule has 0 aliphatic carbocycles. The zero-order chi connectivity index (χ0) is 13.8. The lowest BCUT2D eigenvalue weighted by Gasteiger charge is -2.33. The van der Waals surface area contributed by atoms with Crippen LogP contribution in [-0.4, -0.2) is 23.9 Å². The lowest BCUT2D eigenvalue weighted by Crippen LogP contribution is -2.34. The average molecular weight is 268 g/mol. The van der Waals surface area contributed by atoms with Crippen molar-refractivity contribution >= 4 is 0 Å². The van der Waals surface area contributed by atoms with E-state index < -0.39 is 0 Å². The normalized spacial score (nSPS) is 22.9. The maximum absolute atomic E-state index is 9.94. The van der Waals surface area contributed by atoms with E-state index in [0.717, 1.165) is 6.42 Å². The molecular formula is C18H20O2. The van der Waals surface area contributed by atoms with Gasteiger partial charge >= 0.3 is 0 Å². The number of ether oxygens (including phenoxy) is 1. The third-order valence-electron chi connectivity index (χ3n) is 3.98. The largest absolute Gasteiger partial charge is 0.393 e. The van der Waals surface area contributed by atoms with E-state index >= 15 is 0 Å². The van der Waals surface area contributed by atoms with Crippen molar-refractivity contribution in [3.63, 3.8) is 0 Å². The van der Waals surface area contributed by atoms with Crippen LogP contribution in [0.1, 0.15) is 29.9 Å². The van der Waals surface area contributed by atoms with Crippen LogP contribution in [-0.2, 0) is 4.74 Å². The predicted molar refractivity (Wildman–Crippen MR) is 79.7 cm³/mol. The van der Waals surface area contributed by atoms with Crippen molar-refractivity contribution in [3.05, 3.63) is 71.8 Å². The molecule has 104 valence electrons. The highest BCUT2D eigenvalue weighted by Crippen LogP contribution is 2.34. The molecule has 0 radical (unpaired) electrons. The van der Waals surface area contributed by atoms with E-state index in [9.17, 15) is 5.11 Å². The highest BCUT2D eigenvalue weighted by atomic mass is 16.5. The molecule has 0 spiro atoms. The average Bonchev–Trinajstić information content (AvgIpc) is 2.50. The van der Waals surface area contributed by atoms with Gasteiger partial charge in [-0.1, -0.05) is 60.7 Å².